The number of hydrogen-bond donors (Lipinski definition) is 1. The van der Waals surface area contributed by atoms with Crippen molar-refractivity contribution in [3.8, 4) is 0 Å². The molecule has 1 N–H and O–H groups in total. The first-order valence-corrected chi connectivity index (χ1v) is 6.67. The zero-order valence-electron chi connectivity index (χ0n) is 10.1. The Hall–Kier alpha value is -0.770. The Kier molecular flexibility index (Phi) is 4.15. The first-order valence-electron chi connectivity index (χ1n) is 5.91. The van der Waals surface area contributed by atoms with E-state index in [4.69, 9.17) is 23.2 Å². The van der Waals surface area contributed by atoms with Gasteiger partial charge in [0.1, 0.15) is 0 Å². The molecule has 1 heterocycles. The first-order chi connectivity index (χ1) is 8.49. The third-order valence-corrected chi connectivity index (χ3v) is 3.87. The van der Waals surface area contributed by atoms with Gasteiger partial charge in [0.05, 0.1) is 16.7 Å². The van der Waals surface area contributed by atoms with Crippen LogP contribution in [0.25, 0.3) is 0 Å². The molecule has 5 heteroatoms. The summed E-state index contributed by atoms with van der Waals surface area (Å²) in [4.78, 5) is 14.0. The van der Waals surface area contributed by atoms with Gasteiger partial charge in [-0.3, -0.25) is 4.79 Å². The van der Waals surface area contributed by atoms with Gasteiger partial charge in [-0.2, -0.15) is 0 Å². The smallest absolute Gasteiger partial charge is 0.255 e. The molecule has 1 amide bonds. The molecule has 18 heavy (non-hydrogen) atoms. The van der Waals surface area contributed by atoms with Crippen molar-refractivity contribution in [2.75, 3.05) is 13.1 Å². The van der Waals surface area contributed by atoms with E-state index < -0.39 is 0 Å². The van der Waals surface area contributed by atoms with Crippen LogP contribution in [0.1, 0.15) is 23.7 Å². The molecular weight excluding hydrogens is 273 g/mol. The fraction of sp³-hybridized carbons (Fsp3) is 0.462. The highest BCUT2D eigenvalue weighted by Crippen LogP contribution is 2.24. The highest BCUT2D eigenvalue weighted by molar-refractivity contribution is 6.35. The molecule has 1 aromatic rings. The minimum absolute atomic E-state index is 0.0839. The molecular formula is C13H15Cl2NO2. The zero-order chi connectivity index (χ0) is 13.3. The van der Waals surface area contributed by atoms with E-state index in [2.05, 4.69) is 0 Å². The van der Waals surface area contributed by atoms with Gasteiger partial charge in [-0.25, -0.2) is 0 Å². The van der Waals surface area contributed by atoms with E-state index in [-0.39, 0.29) is 17.9 Å². The van der Waals surface area contributed by atoms with Crippen molar-refractivity contribution in [1.82, 2.24) is 4.90 Å². The molecule has 0 saturated carbocycles. The molecule has 0 spiro atoms. The predicted octanol–water partition coefficient (Wildman–Crippen LogP) is 2.84. The normalized spacial score (nSPS) is 24.1. The quantitative estimate of drug-likeness (QED) is 0.863. The first kappa shape index (κ1) is 13.7. The number of nitrogens with zero attached hydrogens (tertiary/aromatic N) is 1. The summed E-state index contributed by atoms with van der Waals surface area (Å²) in [5.41, 5.74) is 0.424. The van der Waals surface area contributed by atoms with Crippen LogP contribution in [0.4, 0.5) is 0 Å². The van der Waals surface area contributed by atoms with Gasteiger partial charge in [0.25, 0.3) is 5.91 Å². The Morgan fingerprint density at radius 1 is 1.44 bits per heavy atom. The molecule has 1 aliphatic rings. The Morgan fingerprint density at radius 2 is 2.17 bits per heavy atom. The number of aliphatic hydroxyl groups excluding tert-OH is 1. The van der Waals surface area contributed by atoms with Gasteiger partial charge in [0, 0.05) is 18.1 Å². The Balaban J connectivity index is 2.19. The van der Waals surface area contributed by atoms with Crippen molar-refractivity contribution in [3.05, 3.63) is 33.8 Å². The van der Waals surface area contributed by atoms with Gasteiger partial charge in [-0.15, -0.1) is 0 Å². The minimum atomic E-state index is -0.330. The van der Waals surface area contributed by atoms with Crippen LogP contribution in [-0.4, -0.2) is 35.1 Å². The second kappa shape index (κ2) is 5.47. The summed E-state index contributed by atoms with van der Waals surface area (Å²) in [5, 5.41) is 10.6. The lowest BCUT2D eigenvalue weighted by Crippen LogP contribution is -2.45. The van der Waals surface area contributed by atoms with E-state index in [9.17, 15) is 9.90 Å². The molecule has 2 unspecified atom stereocenters. The topological polar surface area (TPSA) is 40.5 Å². The summed E-state index contributed by atoms with van der Waals surface area (Å²) in [5.74, 6) is -0.0399. The third-order valence-electron chi connectivity index (χ3n) is 3.31. The number of aliphatic hydroxyl groups is 1. The minimum Gasteiger partial charge on any atom is -0.393 e. The molecule has 0 aliphatic carbocycles. The average Bonchev–Trinajstić information content (AvgIpc) is 2.35. The van der Waals surface area contributed by atoms with Crippen LogP contribution in [0, 0.1) is 5.92 Å². The summed E-state index contributed by atoms with van der Waals surface area (Å²) in [6.45, 7) is 3.03. The van der Waals surface area contributed by atoms with E-state index in [1.807, 2.05) is 6.92 Å². The van der Waals surface area contributed by atoms with Crippen molar-refractivity contribution < 1.29 is 9.90 Å². The van der Waals surface area contributed by atoms with E-state index in [1.165, 1.54) is 0 Å². The highest BCUT2D eigenvalue weighted by Gasteiger charge is 2.28. The van der Waals surface area contributed by atoms with Gasteiger partial charge >= 0.3 is 0 Å². The lowest BCUT2D eigenvalue weighted by Gasteiger charge is -2.34. The predicted molar refractivity (Wildman–Crippen MR) is 72.2 cm³/mol. The molecule has 0 bridgehead atoms. The van der Waals surface area contributed by atoms with Crippen molar-refractivity contribution >= 4 is 29.1 Å². The highest BCUT2D eigenvalue weighted by atomic mass is 35.5. The Bertz CT molecular complexity index is 464. The number of halogens is 2. The molecule has 2 rings (SSSR count). The molecule has 1 aliphatic heterocycles. The third kappa shape index (κ3) is 2.79. The summed E-state index contributed by atoms with van der Waals surface area (Å²) in [7, 11) is 0. The van der Waals surface area contributed by atoms with Crippen molar-refractivity contribution in [3.63, 3.8) is 0 Å². The number of benzene rings is 1. The van der Waals surface area contributed by atoms with E-state index >= 15 is 0 Å². The van der Waals surface area contributed by atoms with Crippen LogP contribution in [0.15, 0.2) is 18.2 Å². The maximum atomic E-state index is 12.3. The molecule has 0 radical (unpaired) electrons. The van der Waals surface area contributed by atoms with Crippen LogP contribution < -0.4 is 0 Å². The number of likely N-dealkylation sites (tertiary alicyclic amines) is 1. The second-order valence-electron chi connectivity index (χ2n) is 4.71. The van der Waals surface area contributed by atoms with Gasteiger partial charge < -0.3 is 10.0 Å². The number of carbonyl (C=O) groups is 1. The monoisotopic (exact) mass is 287 g/mol. The Morgan fingerprint density at radius 3 is 2.83 bits per heavy atom. The largest absolute Gasteiger partial charge is 0.393 e. The number of amides is 1. The number of hydrogen-bond acceptors (Lipinski definition) is 2. The maximum Gasteiger partial charge on any atom is 0.255 e. The van der Waals surface area contributed by atoms with Crippen LogP contribution in [-0.2, 0) is 0 Å². The summed E-state index contributed by atoms with van der Waals surface area (Å²) in [6, 6.07) is 4.87. The molecule has 0 aromatic heterocycles. The van der Waals surface area contributed by atoms with Crippen molar-refractivity contribution in [2.45, 2.75) is 19.4 Å². The van der Waals surface area contributed by atoms with Gasteiger partial charge in [0.2, 0.25) is 0 Å². The summed E-state index contributed by atoms with van der Waals surface area (Å²) >= 11 is 11.9. The van der Waals surface area contributed by atoms with Gasteiger partial charge in [-0.1, -0.05) is 30.1 Å². The number of rotatable bonds is 1. The lowest BCUT2D eigenvalue weighted by molar-refractivity contribution is 0.0298. The van der Waals surface area contributed by atoms with Crippen LogP contribution in [0.2, 0.25) is 10.0 Å². The van der Waals surface area contributed by atoms with E-state index in [1.54, 1.807) is 23.1 Å². The van der Waals surface area contributed by atoms with Crippen LogP contribution in [0.5, 0.6) is 0 Å². The second-order valence-corrected chi connectivity index (χ2v) is 5.55. The molecule has 98 valence electrons. The maximum absolute atomic E-state index is 12.3. The lowest BCUT2D eigenvalue weighted by atomic mass is 9.96. The average molecular weight is 288 g/mol. The SMILES string of the molecule is CC1CN(C(=O)c2cc(Cl)ccc2Cl)CCC1O. The van der Waals surface area contributed by atoms with Crippen LogP contribution in [0.3, 0.4) is 0 Å². The summed E-state index contributed by atoms with van der Waals surface area (Å²) < 4.78 is 0. The molecule has 3 nitrogen and oxygen atoms in total. The number of piperidine rings is 1. The fourth-order valence-electron chi connectivity index (χ4n) is 2.15. The molecule has 1 saturated heterocycles. The van der Waals surface area contributed by atoms with Gasteiger partial charge in [0.15, 0.2) is 0 Å². The molecule has 2 atom stereocenters. The van der Waals surface area contributed by atoms with E-state index in [0.29, 0.717) is 35.1 Å². The van der Waals surface area contributed by atoms with Gasteiger partial charge in [-0.05, 0) is 30.5 Å². The Labute approximate surface area is 116 Å². The van der Waals surface area contributed by atoms with Crippen LogP contribution >= 0.6 is 23.2 Å². The standard InChI is InChI=1S/C13H15Cl2NO2/c1-8-7-16(5-4-12(8)17)13(18)10-6-9(14)2-3-11(10)15/h2-3,6,8,12,17H,4-5,7H2,1H3. The zero-order valence-corrected chi connectivity index (χ0v) is 11.6. The fourth-order valence-corrected chi connectivity index (χ4v) is 2.52. The summed E-state index contributed by atoms with van der Waals surface area (Å²) in [6.07, 6.45) is 0.273. The molecule has 1 fully saturated rings. The molecule has 1 aromatic carbocycles. The van der Waals surface area contributed by atoms with E-state index in [0.717, 1.165) is 0 Å². The van der Waals surface area contributed by atoms with Crippen molar-refractivity contribution in [1.29, 1.82) is 0 Å². The van der Waals surface area contributed by atoms with Crippen molar-refractivity contribution in [2.24, 2.45) is 5.92 Å². The number of carbonyl (C=O) groups excluding carboxylic acids is 1.